The standard InChI is InChI=1S/C39H57ClO4/c1-23-13-19-39(34(43)44)20-15-28(38(7)22-24(38)2)29(39)9-8-10-32-36(23,5)18-16-31-35(3,4)27(14-17-37(31,32)6)25-11-12-26(33(41)42)30(40)21-25/h11-12,14,21,23-24,28-29,31-33,41-42H,8-10,13,15-20,22H2,1-7H3,(H,43,44). The van der Waals surface area contributed by atoms with Crippen LogP contribution in [-0.4, -0.2) is 21.3 Å². The minimum absolute atomic E-state index is 0.0543. The van der Waals surface area contributed by atoms with Crippen molar-refractivity contribution in [1.29, 1.82) is 0 Å². The smallest absolute Gasteiger partial charge is 0.309 e. The monoisotopic (exact) mass is 624 g/mol. The van der Waals surface area contributed by atoms with Crippen LogP contribution in [-0.2, 0) is 4.79 Å². The summed E-state index contributed by atoms with van der Waals surface area (Å²) < 4.78 is 0. The van der Waals surface area contributed by atoms with Crippen LogP contribution < -0.4 is 0 Å². The van der Waals surface area contributed by atoms with E-state index in [1.165, 1.54) is 31.3 Å². The van der Waals surface area contributed by atoms with Gasteiger partial charge in [0.2, 0.25) is 0 Å². The Morgan fingerprint density at radius 2 is 1.52 bits per heavy atom. The molecule has 1 aromatic rings. The molecular weight excluding hydrogens is 568 g/mol. The summed E-state index contributed by atoms with van der Waals surface area (Å²) in [7, 11) is 0. The summed E-state index contributed by atoms with van der Waals surface area (Å²) in [5.74, 6) is 2.65. The molecule has 5 aliphatic rings. The Hall–Kier alpha value is -1.36. The molecular formula is C39H57ClO4. The highest BCUT2D eigenvalue weighted by Crippen LogP contribution is 2.71. The van der Waals surface area contributed by atoms with Crippen LogP contribution in [0.5, 0.6) is 0 Å². The van der Waals surface area contributed by atoms with Crippen molar-refractivity contribution >= 4 is 23.1 Å². The molecule has 10 unspecified atom stereocenters. The van der Waals surface area contributed by atoms with Crippen molar-refractivity contribution in [3.63, 3.8) is 0 Å². The van der Waals surface area contributed by atoms with Crippen LogP contribution in [0, 0.1) is 62.6 Å². The second kappa shape index (κ2) is 10.8. The SMILES string of the molecule is CC1CC1(C)C1CCC2(C(=O)O)CCC(C)C3(C)CCC4C(C)(C)C(c5ccc(C(O)O)c(Cl)c5)=CCC4(C)C3CCCC12. The van der Waals surface area contributed by atoms with Crippen molar-refractivity contribution in [2.75, 3.05) is 0 Å². The summed E-state index contributed by atoms with van der Waals surface area (Å²) in [4.78, 5) is 13.2. The Morgan fingerprint density at radius 3 is 2.14 bits per heavy atom. The van der Waals surface area contributed by atoms with Crippen molar-refractivity contribution in [1.82, 2.24) is 0 Å². The molecule has 0 amide bonds. The largest absolute Gasteiger partial charge is 0.481 e. The first-order valence-corrected chi connectivity index (χ1v) is 18.0. The Bertz CT molecular complexity index is 1330. The molecule has 0 spiro atoms. The van der Waals surface area contributed by atoms with Gasteiger partial charge in [-0.2, -0.15) is 0 Å². The number of carboxylic acid groups (broad SMARTS) is 1. The van der Waals surface area contributed by atoms with Gasteiger partial charge in [-0.3, -0.25) is 4.79 Å². The van der Waals surface area contributed by atoms with Gasteiger partial charge in [-0.1, -0.05) is 84.7 Å². The fraction of sp³-hybridized carbons (Fsp3) is 0.769. The average molecular weight is 625 g/mol. The van der Waals surface area contributed by atoms with Gasteiger partial charge in [0.1, 0.15) is 0 Å². The molecule has 6 rings (SSSR count). The van der Waals surface area contributed by atoms with Gasteiger partial charge in [0.25, 0.3) is 0 Å². The van der Waals surface area contributed by atoms with Gasteiger partial charge in [-0.25, -0.2) is 0 Å². The molecule has 1 aromatic carbocycles. The van der Waals surface area contributed by atoms with Crippen molar-refractivity contribution < 1.29 is 20.1 Å². The van der Waals surface area contributed by atoms with Gasteiger partial charge in [0.05, 0.1) is 5.41 Å². The summed E-state index contributed by atoms with van der Waals surface area (Å²) in [5, 5.41) is 30.7. The number of rotatable bonds is 4. The number of hydrogen-bond acceptors (Lipinski definition) is 3. The summed E-state index contributed by atoms with van der Waals surface area (Å²) in [6.45, 7) is 17.3. The number of halogens is 1. The van der Waals surface area contributed by atoms with Crippen molar-refractivity contribution in [2.45, 2.75) is 125 Å². The van der Waals surface area contributed by atoms with E-state index >= 15 is 0 Å². The Labute approximate surface area is 271 Å². The van der Waals surface area contributed by atoms with E-state index in [-0.39, 0.29) is 16.2 Å². The van der Waals surface area contributed by atoms with Crippen molar-refractivity contribution in [3.05, 3.63) is 40.4 Å². The lowest BCUT2D eigenvalue weighted by atomic mass is 9.40. The van der Waals surface area contributed by atoms with Gasteiger partial charge >= 0.3 is 5.97 Å². The first-order chi connectivity index (χ1) is 20.5. The number of fused-ring (bicyclic) bond motifs is 4. The van der Waals surface area contributed by atoms with Crippen molar-refractivity contribution in [2.24, 2.45) is 62.6 Å². The normalized spacial score (nSPS) is 45.1. The Morgan fingerprint density at radius 1 is 0.841 bits per heavy atom. The number of aliphatic hydroxyl groups is 2. The van der Waals surface area contributed by atoms with Crippen LogP contribution in [0.3, 0.4) is 0 Å². The highest BCUT2D eigenvalue weighted by Gasteiger charge is 2.64. The van der Waals surface area contributed by atoms with Gasteiger partial charge in [0, 0.05) is 10.6 Å². The number of allylic oxidation sites excluding steroid dienone is 2. The third-order valence-electron chi connectivity index (χ3n) is 15.5. The highest BCUT2D eigenvalue weighted by molar-refractivity contribution is 6.31. The van der Waals surface area contributed by atoms with Crippen LogP contribution >= 0.6 is 11.6 Å². The number of benzene rings is 1. The van der Waals surface area contributed by atoms with E-state index in [1.54, 1.807) is 6.07 Å². The zero-order valence-electron chi connectivity index (χ0n) is 28.3. The van der Waals surface area contributed by atoms with E-state index in [1.807, 2.05) is 12.1 Å². The first kappa shape index (κ1) is 32.6. The number of aliphatic hydroxyl groups excluding tert-OH is 1. The molecule has 0 bridgehead atoms. The molecule has 0 heterocycles. The van der Waals surface area contributed by atoms with Crippen LogP contribution in [0.15, 0.2) is 24.3 Å². The summed E-state index contributed by atoms with van der Waals surface area (Å²) >= 11 is 6.52. The van der Waals surface area contributed by atoms with Crippen LogP contribution in [0.2, 0.25) is 5.02 Å². The molecule has 244 valence electrons. The van der Waals surface area contributed by atoms with Gasteiger partial charge in [0.15, 0.2) is 6.29 Å². The summed E-state index contributed by atoms with van der Waals surface area (Å²) in [6.07, 6.45) is 12.8. The minimum atomic E-state index is -1.57. The molecule has 5 heteroatoms. The predicted octanol–water partition coefficient (Wildman–Crippen LogP) is 9.92. The van der Waals surface area contributed by atoms with Gasteiger partial charge < -0.3 is 15.3 Å². The second-order valence-corrected chi connectivity index (χ2v) is 17.9. The van der Waals surface area contributed by atoms with Crippen LogP contribution in [0.25, 0.3) is 5.57 Å². The first-order valence-electron chi connectivity index (χ1n) is 17.6. The van der Waals surface area contributed by atoms with E-state index in [0.29, 0.717) is 45.6 Å². The fourth-order valence-electron chi connectivity index (χ4n) is 12.4. The Balaban J connectivity index is 1.33. The third-order valence-corrected chi connectivity index (χ3v) is 15.8. The molecule has 0 saturated heterocycles. The zero-order chi connectivity index (χ0) is 32.0. The summed E-state index contributed by atoms with van der Waals surface area (Å²) in [5.41, 5.74) is 2.84. The molecule has 0 aliphatic heterocycles. The number of aliphatic carboxylic acids is 1. The van der Waals surface area contributed by atoms with E-state index in [4.69, 9.17) is 11.6 Å². The van der Waals surface area contributed by atoms with E-state index < -0.39 is 17.7 Å². The molecule has 4 nitrogen and oxygen atoms in total. The number of hydrogen-bond donors (Lipinski definition) is 3. The Kier molecular flexibility index (Phi) is 8.03. The molecule has 0 radical (unpaired) electrons. The molecule has 4 fully saturated rings. The van der Waals surface area contributed by atoms with Crippen LogP contribution in [0.4, 0.5) is 0 Å². The lowest BCUT2D eigenvalue weighted by Crippen LogP contribution is -2.56. The van der Waals surface area contributed by atoms with E-state index in [0.717, 1.165) is 56.4 Å². The van der Waals surface area contributed by atoms with E-state index in [9.17, 15) is 20.1 Å². The van der Waals surface area contributed by atoms with Crippen molar-refractivity contribution in [3.8, 4) is 0 Å². The molecule has 4 saturated carbocycles. The fourth-order valence-corrected chi connectivity index (χ4v) is 12.7. The zero-order valence-corrected chi connectivity index (χ0v) is 29.0. The quantitative estimate of drug-likeness (QED) is 0.291. The predicted molar refractivity (Wildman–Crippen MR) is 178 cm³/mol. The maximum absolute atomic E-state index is 13.2. The molecule has 0 aromatic heterocycles. The third kappa shape index (κ3) is 4.69. The summed E-state index contributed by atoms with van der Waals surface area (Å²) in [6, 6.07) is 5.67. The molecule has 44 heavy (non-hydrogen) atoms. The minimum Gasteiger partial charge on any atom is -0.481 e. The maximum atomic E-state index is 13.2. The number of carbonyl (C=O) groups is 1. The molecule has 5 aliphatic carbocycles. The van der Waals surface area contributed by atoms with Gasteiger partial charge in [-0.05, 0) is 139 Å². The molecule has 10 atom stereocenters. The van der Waals surface area contributed by atoms with Gasteiger partial charge in [-0.15, -0.1) is 0 Å². The highest BCUT2D eigenvalue weighted by atomic mass is 35.5. The lowest BCUT2D eigenvalue weighted by molar-refractivity contribution is -0.156. The van der Waals surface area contributed by atoms with Crippen LogP contribution in [0.1, 0.15) is 137 Å². The number of carboxylic acids is 1. The molecule has 3 N–H and O–H groups in total. The topological polar surface area (TPSA) is 77.8 Å². The average Bonchev–Trinajstić information content (AvgIpc) is 3.37. The second-order valence-electron chi connectivity index (χ2n) is 17.5. The van der Waals surface area contributed by atoms with E-state index in [2.05, 4.69) is 54.5 Å². The maximum Gasteiger partial charge on any atom is 0.309 e. The lowest BCUT2D eigenvalue weighted by Gasteiger charge is -2.64.